The molecule has 80 valence electrons. The van der Waals surface area contributed by atoms with Gasteiger partial charge in [0.15, 0.2) is 4.76 Å². The Kier molecular flexibility index (Phi) is 2.47. The van der Waals surface area contributed by atoms with Crippen molar-refractivity contribution in [2.24, 2.45) is 0 Å². The molecular weight excluding hydrogens is 205 g/mol. The molecule has 0 amide bonds. The fourth-order valence-electron chi connectivity index (χ4n) is 1.64. The van der Waals surface area contributed by atoms with E-state index in [4.69, 9.17) is 0 Å². The monoisotopic (exact) mass is 213 g/mol. The summed E-state index contributed by atoms with van der Waals surface area (Å²) >= 11 is 0. The van der Waals surface area contributed by atoms with Gasteiger partial charge in [0.1, 0.15) is 0 Å². The molecule has 1 saturated carbocycles. The van der Waals surface area contributed by atoms with Gasteiger partial charge in [-0.3, -0.25) is 10.1 Å². The van der Waals surface area contributed by atoms with E-state index in [0.717, 1.165) is 0 Å². The highest BCUT2D eigenvalue weighted by atomic mass is 19.4. The lowest BCUT2D eigenvalue weighted by molar-refractivity contribution is -0.895. The highest BCUT2D eigenvalue weighted by Crippen LogP contribution is 2.37. The predicted octanol–water partition coefficient (Wildman–Crippen LogP) is 1.83. The van der Waals surface area contributed by atoms with Gasteiger partial charge in [-0.05, 0) is 12.8 Å². The molecular formula is C6H8F3N2O3+. The Balaban J connectivity index is 3.01. The van der Waals surface area contributed by atoms with Gasteiger partial charge in [0.05, 0.1) is 17.8 Å². The van der Waals surface area contributed by atoms with Crippen molar-refractivity contribution in [2.45, 2.75) is 37.6 Å². The number of nitroso groups, excluding NO2 is 1. The van der Waals surface area contributed by atoms with E-state index in [2.05, 4.69) is 0 Å². The molecule has 0 aromatic rings. The van der Waals surface area contributed by atoms with Crippen LogP contribution in [-0.4, -0.2) is 21.6 Å². The first-order valence-corrected chi connectivity index (χ1v) is 3.99. The Hall–Kier alpha value is -1.21. The average molecular weight is 213 g/mol. The standard InChI is InChI=1S/C6H8F3N2O3/c7-6(8,9)10(12)5(11(13)14)3-1-2-4-5/h1-4H2/q+1. The molecule has 0 radical (unpaired) electrons. The summed E-state index contributed by atoms with van der Waals surface area (Å²) in [4.78, 5) is 20.1. The van der Waals surface area contributed by atoms with E-state index >= 15 is 0 Å². The first-order chi connectivity index (χ1) is 6.31. The van der Waals surface area contributed by atoms with Gasteiger partial charge in [0.25, 0.3) is 0 Å². The second-order valence-corrected chi connectivity index (χ2v) is 3.21. The Morgan fingerprint density at radius 2 is 1.57 bits per heavy atom. The molecule has 8 heteroatoms. The molecule has 0 aromatic carbocycles. The van der Waals surface area contributed by atoms with Gasteiger partial charge in [-0.2, -0.15) is 0 Å². The summed E-state index contributed by atoms with van der Waals surface area (Å²) in [6.45, 7) is 0. The van der Waals surface area contributed by atoms with E-state index in [0.29, 0.717) is 0 Å². The van der Waals surface area contributed by atoms with E-state index < -0.39 is 21.6 Å². The molecule has 1 rings (SSSR count). The third-order valence-electron chi connectivity index (χ3n) is 2.35. The molecule has 0 aromatic heterocycles. The highest BCUT2D eigenvalue weighted by Gasteiger charge is 2.71. The molecule has 14 heavy (non-hydrogen) atoms. The molecule has 0 atom stereocenters. The predicted molar refractivity (Wildman–Crippen MR) is 37.9 cm³/mol. The van der Waals surface area contributed by atoms with Crippen molar-refractivity contribution in [3.8, 4) is 0 Å². The summed E-state index contributed by atoms with van der Waals surface area (Å²) in [6, 6.07) is 0. The van der Waals surface area contributed by atoms with Gasteiger partial charge in [0.2, 0.25) is 0 Å². The normalized spacial score (nSPS) is 20.8. The fraction of sp³-hybridized carbons (Fsp3) is 1.00. The van der Waals surface area contributed by atoms with E-state index in [1.807, 2.05) is 0 Å². The zero-order chi connectivity index (χ0) is 11.0. The number of rotatable bonds is 2. The fourth-order valence-corrected chi connectivity index (χ4v) is 1.64. The lowest BCUT2D eigenvalue weighted by atomic mass is 10.1. The van der Waals surface area contributed by atoms with Crippen LogP contribution in [0.3, 0.4) is 0 Å². The zero-order valence-corrected chi connectivity index (χ0v) is 7.08. The van der Waals surface area contributed by atoms with Crippen LogP contribution in [0.2, 0.25) is 0 Å². The number of halogens is 3. The lowest BCUT2D eigenvalue weighted by Gasteiger charge is -2.11. The zero-order valence-electron chi connectivity index (χ0n) is 7.08. The average Bonchev–Trinajstić information content (AvgIpc) is 2.50. The van der Waals surface area contributed by atoms with Crippen molar-refractivity contribution in [1.29, 1.82) is 0 Å². The summed E-state index contributed by atoms with van der Waals surface area (Å²) in [6.07, 6.45) is -5.34. The first-order valence-electron chi connectivity index (χ1n) is 3.99. The third kappa shape index (κ3) is 1.55. The number of hydrogen-bond donors (Lipinski definition) is 0. The Bertz CT molecular complexity index is 270. The van der Waals surface area contributed by atoms with Crippen molar-refractivity contribution < 1.29 is 22.9 Å². The Morgan fingerprint density at radius 1 is 1.14 bits per heavy atom. The summed E-state index contributed by atoms with van der Waals surface area (Å²) < 4.78 is 34.7. The van der Waals surface area contributed by atoms with Crippen LogP contribution in [-0.2, 0) is 0 Å². The second-order valence-electron chi connectivity index (χ2n) is 3.21. The van der Waals surface area contributed by atoms with Crippen LogP contribution in [0.5, 0.6) is 0 Å². The van der Waals surface area contributed by atoms with Crippen LogP contribution in [0, 0.1) is 15.0 Å². The van der Waals surface area contributed by atoms with E-state index in [1.165, 1.54) is 0 Å². The molecule has 0 spiro atoms. The minimum absolute atomic E-state index is 0.274. The third-order valence-corrected chi connectivity index (χ3v) is 2.35. The minimum atomic E-state index is -5.20. The maximum absolute atomic E-state index is 12.0. The second kappa shape index (κ2) is 3.18. The van der Waals surface area contributed by atoms with E-state index in [-0.39, 0.29) is 25.7 Å². The van der Waals surface area contributed by atoms with Crippen LogP contribution in [0.15, 0.2) is 0 Å². The summed E-state index contributed by atoms with van der Waals surface area (Å²) in [5.41, 5.74) is -2.49. The van der Waals surface area contributed by atoms with Crippen molar-refractivity contribution in [1.82, 2.24) is 0 Å². The summed E-state index contributed by atoms with van der Waals surface area (Å²) in [7, 11) is 0. The molecule has 5 nitrogen and oxygen atoms in total. The smallest absolute Gasteiger partial charge is 0.258 e. The maximum Gasteiger partial charge on any atom is 0.684 e. The maximum atomic E-state index is 12.0. The van der Waals surface area contributed by atoms with Gasteiger partial charge < -0.3 is 0 Å². The quantitative estimate of drug-likeness (QED) is 0.231. The molecule has 0 unspecified atom stereocenters. The van der Waals surface area contributed by atoms with Gasteiger partial charge >= 0.3 is 12.0 Å². The van der Waals surface area contributed by atoms with E-state index in [9.17, 15) is 28.2 Å². The molecule has 0 saturated heterocycles. The summed E-state index contributed by atoms with van der Waals surface area (Å²) in [5, 5.41) is 10.5. The van der Waals surface area contributed by atoms with Crippen LogP contribution >= 0.6 is 0 Å². The molecule has 0 heterocycles. The van der Waals surface area contributed by atoms with Crippen LogP contribution < -0.4 is 0 Å². The molecule has 0 bridgehead atoms. The number of hydrogen-bond acceptors (Lipinski definition) is 3. The topological polar surface area (TPSA) is 63.2 Å². The van der Waals surface area contributed by atoms with Gasteiger partial charge in [0, 0.05) is 4.91 Å². The summed E-state index contributed by atoms with van der Waals surface area (Å²) in [5.74, 6) is 0. The van der Waals surface area contributed by atoms with Crippen LogP contribution in [0.4, 0.5) is 13.2 Å². The van der Waals surface area contributed by atoms with Crippen molar-refractivity contribution in [2.75, 3.05) is 0 Å². The molecule has 1 aliphatic carbocycles. The van der Waals surface area contributed by atoms with Gasteiger partial charge in [-0.25, -0.2) is 0 Å². The minimum Gasteiger partial charge on any atom is -0.258 e. The van der Waals surface area contributed by atoms with E-state index in [1.54, 1.807) is 0 Å². The Morgan fingerprint density at radius 3 is 1.86 bits per heavy atom. The van der Waals surface area contributed by atoms with Gasteiger partial charge in [-0.1, -0.05) is 0 Å². The lowest BCUT2D eigenvalue weighted by Crippen LogP contribution is -2.51. The number of alkyl halides is 3. The Labute approximate surface area is 76.6 Å². The first kappa shape index (κ1) is 10.9. The molecule has 0 aliphatic heterocycles. The largest absolute Gasteiger partial charge is 0.684 e. The molecule has 1 aliphatic rings. The van der Waals surface area contributed by atoms with Crippen molar-refractivity contribution >= 4 is 0 Å². The van der Waals surface area contributed by atoms with Crippen molar-refractivity contribution in [3.05, 3.63) is 15.0 Å². The molecule has 1 fully saturated rings. The van der Waals surface area contributed by atoms with Crippen LogP contribution in [0.1, 0.15) is 25.7 Å². The number of nitro groups is 1. The SMILES string of the molecule is O=[N+]([O-])C1([N+](=O)C(F)(F)F)CCCC1. The highest BCUT2D eigenvalue weighted by molar-refractivity contribution is 4.74. The number of nitrogens with zero attached hydrogens (tertiary/aromatic N) is 2. The molecule has 0 N–H and O–H groups in total. The van der Waals surface area contributed by atoms with Crippen molar-refractivity contribution in [3.63, 3.8) is 0 Å². The van der Waals surface area contributed by atoms with Gasteiger partial charge in [-0.15, -0.1) is 13.2 Å². The van der Waals surface area contributed by atoms with Crippen LogP contribution in [0.25, 0.3) is 0 Å².